The van der Waals surface area contributed by atoms with Gasteiger partial charge in [0.2, 0.25) is 0 Å². The van der Waals surface area contributed by atoms with Crippen molar-refractivity contribution in [2.75, 3.05) is 0 Å². The van der Waals surface area contributed by atoms with Gasteiger partial charge in [0.1, 0.15) is 0 Å². The van der Waals surface area contributed by atoms with E-state index in [9.17, 15) is 0 Å². The Balaban J connectivity index is 2.28. The molecule has 1 fully saturated rings. The van der Waals surface area contributed by atoms with Gasteiger partial charge in [0.15, 0.2) is 0 Å². The van der Waals surface area contributed by atoms with E-state index < -0.39 is 0 Å². The summed E-state index contributed by atoms with van der Waals surface area (Å²) in [4.78, 5) is 0. The molecule has 0 unspecified atom stereocenters. The summed E-state index contributed by atoms with van der Waals surface area (Å²) in [7, 11) is 0. The summed E-state index contributed by atoms with van der Waals surface area (Å²) >= 11 is 0. The zero-order valence-electron chi connectivity index (χ0n) is 7.56. The van der Waals surface area contributed by atoms with E-state index in [2.05, 4.69) is 20.8 Å². The molecule has 0 nitrogen and oxygen atoms in total. The van der Waals surface area contributed by atoms with Crippen molar-refractivity contribution in [1.82, 2.24) is 0 Å². The quantitative estimate of drug-likeness (QED) is 0.551. The summed E-state index contributed by atoms with van der Waals surface area (Å²) in [6.45, 7) is 7.05. The van der Waals surface area contributed by atoms with Gasteiger partial charge in [-0.15, -0.1) is 0 Å². The Morgan fingerprint density at radius 1 is 1.30 bits per heavy atom. The van der Waals surface area contributed by atoms with Gasteiger partial charge in [-0.05, 0) is 30.6 Å². The van der Waals surface area contributed by atoms with Crippen LogP contribution >= 0.6 is 0 Å². The normalized spacial score (nSPS) is 33.6. The van der Waals surface area contributed by atoms with Crippen LogP contribution in [0.3, 0.4) is 0 Å². The van der Waals surface area contributed by atoms with Gasteiger partial charge in [0.05, 0.1) is 0 Å². The minimum atomic E-state index is 0.927. The van der Waals surface area contributed by atoms with E-state index in [4.69, 9.17) is 0 Å². The van der Waals surface area contributed by atoms with Gasteiger partial charge in [-0.1, -0.05) is 33.6 Å². The van der Waals surface area contributed by atoms with Crippen molar-refractivity contribution in [3.8, 4) is 0 Å². The molecule has 10 heavy (non-hydrogen) atoms. The van der Waals surface area contributed by atoms with Crippen LogP contribution in [0.5, 0.6) is 0 Å². The molecule has 0 aromatic heterocycles. The molecule has 2 atom stereocenters. The predicted molar refractivity (Wildman–Crippen MR) is 46.0 cm³/mol. The molecule has 0 aromatic rings. The van der Waals surface area contributed by atoms with Crippen molar-refractivity contribution in [1.29, 1.82) is 0 Å². The molecule has 0 N–H and O–H groups in total. The lowest BCUT2D eigenvalue weighted by molar-refractivity contribution is 0.376. The molecule has 0 bridgehead atoms. The second-order valence-electron chi connectivity index (χ2n) is 4.09. The Morgan fingerprint density at radius 3 is 2.30 bits per heavy atom. The summed E-state index contributed by atoms with van der Waals surface area (Å²) in [6.07, 6.45) is 5.91. The van der Waals surface area contributed by atoms with E-state index >= 15 is 0 Å². The maximum absolute atomic E-state index is 2.36. The Hall–Kier alpha value is 0. The highest BCUT2D eigenvalue weighted by atomic mass is 14.3. The molecule has 1 aliphatic rings. The van der Waals surface area contributed by atoms with Crippen LogP contribution in [0.1, 0.15) is 46.5 Å². The minimum Gasteiger partial charge on any atom is -0.0651 e. The first-order valence-corrected chi connectivity index (χ1v) is 4.74. The van der Waals surface area contributed by atoms with Crippen LogP contribution in [0.4, 0.5) is 0 Å². The smallest absolute Gasteiger partial charge is 0.0388 e. The molecule has 1 saturated carbocycles. The van der Waals surface area contributed by atoms with Crippen LogP contribution in [0, 0.1) is 17.8 Å². The average molecular weight is 140 g/mol. The molecule has 0 heteroatoms. The van der Waals surface area contributed by atoms with E-state index in [0.29, 0.717) is 0 Å². The molecular weight excluding hydrogens is 120 g/mol. The zero-order valence-corrected chi connectivity index (χ0v) is 7.56. The van der Waals surface area contributed by atoms with Gasteiger partial charge in [0, 0.05) is 0 Å². The maximum atomic E-state index is 2.36. The topological polar surface area (TPSA) is 0 Å². The number of hydrogen-bond acceptors (Lipinski definition) is 0. The molecule has 0 saturated heterocycles. The van der Waals surface area contributed by atoms with E-state index in [1.807, 2.05) is 0 Å². The van der Waals surface area contributed by atoms with Gasteiger partial charge in [-0.2, -0.15) is 0 Å². The lowest BCUT2D eigenvalue weighted by Crippen LogP contribution is -2.03. The fraction of sp³-hybridized carbons (Fsp3) is 1.00. The summed E-state index contributed by atoms with van der Waals surface area (Å²) in [5.74, 6) is 3.04. The Labute approximate surface area is 65.0 Å². The highest BCUT2D eigenvalue weighted by molar-refractivity contribution is 4.76. The molecule has 1 aliphatic carbocycles. The summed E-state index contributed by atoms with van der Waals surface area (Å²) in [5.41, 5.74) is 0. The van der Waals surface area contributed by atoms with Gasteiger partial charge in [-0.25, -0.2) is 0 Å². The Kier molecular flexibility index (Phi) is 2.76. The van der Waals surface area contributed by atoms with Crippen molar-refractivity contribution in [3.63, 3.8) is 0 Å². The SMILES string of the molecule is CC[C@H]1CC[C@H](C(C)C)C1. The van der Waals surface area contributed by atoms with Gasteiger partial charge >= 0.3 is 0 Å². The second kappa shape index (κ2) is 3.41. The van der Waals surface area contributed by atoms with Crippen LogP contribution in [0.25, 0.3) is 0 Å². The molecule has 60 valence electrons. The molecule has 0 radical (unpaired) electrons. The standard InChI is InChI=1S/C10H20/c1-4-9-5-6-10(7-9)8(2)3/h8-10H,4-7H2,1-3H3/t9-,10-/m0/s1. The van der Waals surface area contributed by atoms with E-state index in [1.54, 1.807) is 0 Å². The first-order chi connectivity index (χ1) is 4.74. The lowest BCUT2D eigenvalue weighted by atomic mass is 9.93. The molecule has 0 aliphatic heterocycles. The number of hydrogen-bond donors (Lipinski definition) is 0. The van der Waals surface area contributed by atoms with Crippen LogP contribution in [-0.4, -0.2) is 0 Å². The van der Waals surface area contributed by atoms with Crippen LogP contribution in [0.2, 0.25) is 0 Å². The third-order valence-electron chi connectivity index (χ3n) is 3.10. The first kappa shape index (κ1) is 8.10. The van der Waals surface area contributed by atoms with Crippen molar-refractivity contribution < 1.29 is 0 Å². The fourth-order valence-corrected chi connectivity index (χ4v) is 2.09. The Morgan fingerprint density at radius 2 is 2.00 bits per heavy atom. The second-order valence-corrected chi connectivity index (χ2v) is 4.09. The first-order valence-electron chi connectivity index (χ1n) is 4.74. The van der Waals surface area contributed by atoms with Crippen LogP contribution in [0.15, 0.2) is 0 Å². The van der Waals surface area contributed by atoms with E-state index in [1.165, 1.54) is 25.7 Å². The third kappa shape index (κ3) is 1.74. The zero-order chi connectivity index (χ0) is 7.56. The highest BCUT2D eigenvalue weighted by Crippen LogP contribution is 2.36. The third-order valence-corrected chi connectivity index (χ3v) is 3.10. The van der Waals surface area contributed by atoms with Gasteiger partial charge in [-0.3, -0.25) is 0 Å². The highest BCUT2D eigenvalue weighted by Gasteiger charge is 2.24. The fourth-order valence-electron chi connectivity index (χ4n) is 2.09. The van der Waals surface area contributed by atoms with Gasteiger partial charge < -0.3 is 0 Å². The summed E-state index contributed by atoms with van der Waals surface area (Å²) in [6, 6.07) is 0. The molecule has 0 spiro atoms. The average Bonchev–Trinajstić information content (AvgIpc) is 2.34. The summed E-state index contributed by atoms with van der Waals surface area (Å²) in [5, 5.41) is 0. The Bertz CT molecular complexity index is 94.2. The molecule has 0 aromatic carbocycles. The van der Waals surface area contributed by atoms with Crippen molar-refractivity contribution in [3.05, 3.63) is 0 Å². The molecular formula is C10H20. The van der Waals surface area contributed by atoms with Crippen molar-refractivity contribution in [2.45, 2.75) is 46.5 Å². The molecule has 0 heterocycles. The number of rotatable bonds is 2. The summed E-state index contributed by atoms with van der Waals surface area (Å²) < 4.78 is 0. The van der Waals surface area contributed by atoms with Crippen molar-refractivity contribution in [2.24, 2.45) is 17.8 Å². The van der Waals surface area contributed by atoms with Gasteiger partial charge in [0.25, 0.3) is 0 Å². The lowest BCUT2D eigenvalue weighted by Gasteiger charge is -2.13. The van der Waals surface area contributed by atoms with Crippen LogP contribution in [-0.2, 0) is 0 Å². The van der Waals surface area contributed by atoms with Crippen molar-refractivity contribution >= 4 is 0 Å². The largest absolute Gasteiger partial charge is 0.0651 e. The molecule has 1 rings (SSSR count). The monoisotopic (exact) mass is 140 g/mol. The van der Waals surface area contributed by atoms with E-state index in [-0.39, 0.29) is 0 Å². The van der Waals surface area contributed by atoms with Crippen LogP contribution < -0.4 is 0 Å². The minimum absolute atomic E-state index is 0.927. The maximum Gasteiger partial charge on any atom is -0.0388 e. The van der Waals surface area contributed by atoms with E-state index in [0.717, 1.165) is 17.8 Å². The molecule has 0 amide bonds. The predicted octanol–water partition coefficient (Wildman–Crippen LogP) is 3.47.